The Morgan fingerprint density at radius 2 is 1.44 bits per heavy atom. The number of rotatable bonds is 8. The van der Waals surface area contributed by atoms with E-state index in [1.54, 1.807) is 18.2 Å². The van der Waals surface area contributed by atoms with Gasteiger partial charge in [-0.05, 0) is 78.5 Å². The van der Waals surface area contributed by atoms with Gasteiger partial charge in [0, 0.05) is 5.39 Å². The summed E-state index contributed by atoms with van der Waals surface area (Å²) in [5, 5.41) is 0.525. The predicted octanol–water partition coefficient (Wildman–Crippen LogP) is 8.90. The van der Waals surface area contributed by atoms with Gasteiger partial charge in [0.05, 0.1) is 0 Å². The Morgan fingerprint density at radius 1 is 0.750 bits per heavy atom. The third kappa shape index (κ3) is 5.36. The minimum Gasteiger partial charge on any atom is -0.204 e. The van der Waals surface area contributed by atoms with Gasteiger partial charge in [-0.25, -0.2) is 13.2 Å². The normalized spacial score (nSPS) is 18.9. The average Bonchev–Trinajstić information content (AvgIpc) is 2.82. The Labute approximate surface area is 189 Å². The number of halogens is 3. The second kappa shape index (κ2) is 10.6. The Balaban J connectivity index is 1.32. The lowest BCUT2D eigenvalue weighted by Gasteiger charge is -2.29. The summed E-state index contributed by atoms with van der Waals surface area (Å²) in [6, 6.07) is 15.2. The van der Waals surface area contributed by atoms with Crippen LogP contribution in [0.25, 0.3) is 10.8 Å². The highest BCUT2D eigenvalue weighted by atomic mass is 19.2. The summed E-state index contributed by atoms with van der Waals surface area (Å²) in [7, 11) is 0. The maximum absolute atomic E-state index is 13.9. The van der Waals surface area contributed by atoms with E-state index in [1.165, 1.54) is 62.5 Å². The second-order valence-electron chi connectivity index (χ2n) is 9.50. The molecule has 3 heteroatoms. The van der Waals surface area contributed by atoms with Crippen LogP contribution in [-0.4, -0.2) is 0 Å². The van der Waals surface area contributed by atoms with Crippen LogP contribution in [0.3, 0.4) is 0 Å². The van der Waals surface area contributed by atoms with Crippen LogP contribution in [0.15, 0.2) is 48.5 Å². The Hall–Kier alpha value is -2.29. The fraction of sp³-hybridized carbons (Fsp3) is 0.448. The largest absolute Gasteiger partial charge is 0.204 e. The minimum absolute atomic E-state index is 0.122. The topological polar surface area (TPSA) is 0 Å². The van der Waals surface area contributed by atoms with Crippen molar-refractivity contribution in [3.05, 3.63) is 82.7 Å². The van der Waals surface area contributed by atoms with E-state index in [2.05, 4.69) is 31.2 Å². The van der Waals surface area contributed by atoms with Crippen molar-refractivity contribution in [3.8, 4) is 0 Å². The fourth-order valence-corrected chi connectivity index (χ4v) is 5.22. The van der Waals surface area contributed by atoms with E-state index in [-0.39, 0.29) is 5.39 Å². The summed E-state index contributed by atoms with van der Waals surface area (Å²) in [6.45, 7) is 2.27. The molecule has 0 nitrogen and oxygen atoms in total. The first-order valence-corrected chi connectivity index (χ1v) is 12.2. The lowest BCUT2D eigenvalue weighted by Crippen LogP contribution is -2.13. The standard InChI is InChI=1S/C29H33F3/c1-2-3-4-5-20-8-13-23(14-9-20)24-15-10-21(11-16-24)6-7-22-12-17-26-25(18-22)19-27(30)29(32)28(26)31/h10-12,15-20,23H,2-9,13-14H2,1H3/t20-,23-. The van der Waals surface area contributed by atoms with Gasteiger partial charge < -0.3 is 0 Å². The molecule has 1 fully saturated rings. The van der Waals surface area contributed by atoms with Gasteiger partial charge in [0.1, 0.15) is 0 Å². The molecule has 32 heavy (non-hydrogen) atoms. The number of fused-ring (bicyclic) bond motifs is 1. The van der Waals surface area contributed by atoms with Crippen molar-refractivity contribution in [1.82, 2.24) is 0 Å². The molecular weight excluding hydrogens is 405 g/mol. The van der Waals surface area contributed by atoms with Gasteiger partial charge in [-0.15, -0.1) is 0 Å². The lowest BCUT2D eigenvalue weighted by atomic mass is 9.77. The molecule has 0 amide bonds. The molecule has 0 aliphatic heterocycles. The Bertz CT molecular complexity index is 1030. The fourth-order valence-electron chi connectivity index (χ4n) is 5.22. The molecule has 0 bridgehead atoms. The third-order valence-corrected chi connectivity index (χ3v) is 7.25. The zero-order chi connectivity index (χ0) is 22.5. The molecule has 0 heterocycles. The number of aryl methyl sites for hydroxylation is 2. The molecule has 0 radical (unpaired) electrons. The molecule has 0 spiro atoms. The smallest absolute Gasteiger partial charge is 0.195 e. The first-order chi connectivity index (χ1) is 15.5. The highest BCUT2D eigenvalue weighted by Crippen LogP contribution is 2.37. The van der Waals surface area contributed by atoms with Crippen LogP contribution in [-0.2, 0) is 12.8 Å². The molecular formula is C29H33F3. The van der Waals surface area contributed by atoms with Crippen molar-refractivity contribution in [3.63, 3.8) is 0 Å². The SMILES string of the molecule is CCCCC[C@H]1CC[C@H](c2ccc(CCc3ccc4c(F)c(F)c(F)cc4c3)cc2)CC1. The highest BCUT2D eigenvalue weighted by Gasteiger charge is 2.22. The molecule has 170 valence electrons. The van der Waals surface area contributed by atoms with Crippen LogP contribution in [0.2, 0.25) is 0 Å². The van der Waals surface area contributed by atoms with Gasteiger partial charge in [-0.1, -0.05) is 75.1 Å². The van der Waals surface area contributed by atoms with E-state index < -0.39 is 17.5 Å². The number of unbranched alkanes of at least 4 members (excludes halogenated alkanes) is 2. The average molecular weight is 439 g/mol. The van der Waals surface area contributed by atoms with E-state index >= 15 is 0 Å². The maximum Gasteiger partial charge on any atom is 0.195 e. The van der Waals surface area contributed by atoms with E-state index in [1.807, 2.05) is 0 Å². The molecule has 4 rings (SSSR count). The van der Waals surface area contributed by atoms with Crippen molar-refractivity contribution in [2.45, 2.75) is 77.0 Å². The lowest BCUT2D eigenvalue weighted by molar-refractivity contribution is 0.303. The van der Waals surface area contributed by atoms with Crippen LogP contribution in [0.1, 0.15) is 80.9 Å². The van der Waals surface area contributed by atoms with Crippen molar-refractivity contribution < 1.29 is 13.2 Å². The van der Waals surface area contributed by atoms with Gasteiger partial charge in [-0.2, -0.15) is 0 Å². The number of benzene rings is 3. The first kappa shape index (κ1) is 22.9. The monoisotopic (exact) mass is 438 g/mol. The Kier molecular flexibility index (Phi) is 7.55. The summed E-state index contributed by atoms with van der Waals surface area (Å²) >= 11 is 0. The van der Waals surface area contributed by atoms with Crippen LogP contribution >= 0.6 is 0 Å². The van der Waals surface area contributed by atoms with Crippen molar-refractivity contribution >= 4 is 10.8 Å². The molecule has 3 aromatic carbocycles. The molecule has 0 saturated heterocycles. The summed E-state index contributed by atoms with van der Waals surface area (Å²) in [4.78, 5) is 0. The quantitative estimate of drug-likeness (QED) is 0.243. The second-order valence-corrected chi connectivity index (χ2v) is 9.50. The first-order valence-electron chi connectivity index (χ1n) is 12.2. The van der Waals surface area contributed by atoms with E-state index in [0.717, 1.165) is 30.4 Å². The summed E-state index contributed by atoms with van der Waals surface area (Å²) in [5.74, 6) is -2.04. The van der Waals surface area contributed by atoms with Crippen LogP contribution in [0.5, 0.6) is 0 Å². The molecule has 0 atom stereocenters. The minimum atomic E-state index is -1.41. The van der Waals surface area contributed by atoms with Crippen LogP contribution < -0.4 is 0 Å². The molecule has 1 aliphatic rings. The molecule has 0 N–H and O–H groups in total. The van der Waals surface area contributed by atoms with Crippen molar-refractivity contribution in [2.75, 3.05) is 0 Å². The van der Waals surface area contributed by atoms with E-state index in [9.17, 15) is 13.2 Å². The van der Waals surface area contributed by atoms with Gasteiger partial charge in [0.15, 0.2) is 17.5 Å². The molecule has 1 saturated carbocycles. The van der Waals surface area contributed by atoms with Gasteiger partial charge >= 0.3 is 0 Å². The molecule has 1 aliphatic carbocycles. The van der Waals surface area contributed by atoms with Crippen molar-refractivity contribution in [2.24, 2.45) is 5.92 Å². The van der Waals surface area contributed by atoms with Gasteiger partial charge in [0.25, 0.3) is 0 Å². The van der Waals surface area contributed by atoms with Crippen LogP contribution in [0.4, 0.5) is 13.2 Å². The number of hydrogen-bond acceptors (Lipinski definition) is 0. The zero-order valence-corrected chi connectivity index (χ0v) is 19.0. The third-order valence-electron chi connectivity index (χ3n) is 7.25. The van der Waals surface area contributed by atoms with Gasteiger partial charge in [0.2, 0.25) is 0 Å². The predicted molar refractivity (Wildman–Crippen MR) is 127 cm³/mol. The Morgan fingerprint density at radius 3 is 2.16 bits per heavy atom. The maximum atomic E-state index is 13.9. The van der Waals surface area contributed by atoms with E-state index in [4.69, 9.17) is 0 Å². The number of hydrogen-bond donors (Lipinski definition) is 0. The summed E-state index contributed by atoms with van der Waals surface area (Å²) in [5.41, 5.74) is 3.71. The molecule has 0 aromatic heterocycles. The van der Waals surface area contributed by atoms with Crippen molar-refractivity contribution in [1.29, 1.82) is 0 Å². The van der Waals surface area contributed by atoms with Gasteiger partial charge in [-0.3, -0.25) is 0 Å². The summed E-state index contributed by atoms with van der Waals surface area (Å²) in [6.07, 6.45) is 12.4. The van der Waals surface area contributed by atoms with E-state index in [0.29, 0.717) is 11.3 Å². The zero-order valence-electron chi connectivity index (χ0n) is 19.0. The summed E-state index contributed by atoms with van der Waals surface area (Å²) < 4.78 is 40.9. The molecule has 0 unspecified atom stereocenters. The highest BCUT2D eigenvalue weighted by molar-refractivity contribution is 5.84. The molecule has 3 aromatic rings. The van der Waals surface area contributed by atoms with Crippen LogP contribution in [0, 0.1) is 23.4 Å².